The minimum absolute atomic E-state index is 0.167. The van der Waals surface area contributed by atoms with E-state index >= 15 is 0 Å². The third kappa shape index (κ3) is 4.44. The van der Waals surface area contributed by atoms with Crippen molar-refractivity contribution in [2.75, 3.05) is 44.2 Å². The highest BCUT2D eigenvalue weighted by Gasteiger charge is 2.50. The van der Waals surface area contributed by atoms with E-state index in [1.54, 1.807) is 0 Å². The number of piperazine rings is 1. The summed E-state index contributed by atoms with van der Waals surface area (Å²) in [6.07, 6.45) is 2.90. The van der Waals surface area contributed by atoms with Crippen LogP contribution < -0.4 is 4.90 Å². The van der Waals surface area contributed by atoms with Gasteiger partial charge in [0.05, 0.1) is 0 Å². The topological polar surface area (TPSA) is 39.7 Å². The molecule has 0 unspecified atom stereocenters. The van der Waals surface area contributed by atoms with E-state index in [1.165, 1.54) is 19.4 Å². The van der Waals surface area contributed by atoms with Crippen LogP contribution in [0.25, 0.3) is 0 Å². The van der Waals surface area contributed by atoms with Crippen molar-refractivity contribution in [3.63, 3.8) is 0 Å². The van der Waals surface area contributed by atoms with E-state index in [-0.39, 0.29) is 11.4 Å². The van der Waals surface area contributed by atoms with Crippen LogP contribution in [0.1, 0.15) is 45.7 Å². The molecule has 5 heteroatoms. The molecule has 5 nitrogen and oxygen atoms in total. The monoisotopic (exact) mass is 358 g/mol. The average molecular weight is 359 g/mol. The number of aryl methyl sites for hydroxylation is 1. The van der Waals surface area contributed by atoms with Crippen molar-refractivity contribution in [2.24, 2.45) is 5.92 Å². The van der Waals surface area contributed by atoms with Gasteiger partial charge < -0.3 is 4.90 Å². The van der Waals surface area contributed by atoms with Crippen LogP contribution in [0.2, 0.25) is 0 Å². The summed E-state index contributed by atoms with van der Waals surface area (Å²) >= 11 is 0. The van der Waals surface area contributed by atoms with E-state index in [9.17, 15) is 4.79 Å². The average Bonchev–Trinajstić information content (AvgIpc) is 3.40. The van der Waals surface area contributed by atoms with Gasteiger partial charge in [-0.15, -0.1) is 0 Å². The van der Waals surface area contributed by atoms with Gasteiger partial charge in [-0.2, -0.15) is 0 Å². The normalized spacial score (nSPS) is 20.3. The molecule has 2 heterocycles. The molecule has 1 aliphatic heterocycles. The second-order valence-corrected chi connectivity index (χ2v) is 8.38. The molecule has 1 aromatic rings. The molecule has 144 valence electrons. The molecule has 0 N–H and O–H groups in total. The first-order valence-corrected chi connectivity index (χ1v) is 10.1. The van der Waals surface area contributed by atoms with Crippen molar-refractivity contribution in [3.8, 4) is 0 Å². The lowest BCUT2D eigenvalue weighted by atomic mass is 10.1. The van der Waals surface area contributed by atoms with Gasteiger partial charge >= 0.3 is 0 Å². The highest BCUT2D eigenvalue weighted by molar-refractivity contribution is 5.92. The maximum absolute atomic E-state index is 12.6. The Labute approximate surface area is 158 Å². The maximum atomic E-state index is 12.6. The van der Waals surface area contributed by atoms with Gasteiger partial charge in [0.2, 0.25) is 5.91 Å². The van der Waals surface area contributed by atoms with Crippen molar-refractivity contribution in [3.05, 3.63) is 23.9 Å². The van der Waals surface area contributed by atoms with Crippen molar-refractivity contribution >= 4 is 11.7 Å². The Balaban J connectivity index is 1.68. The molecule has 0 radical (unpaired) electrons. The highest BCUT2D eigenvalue weighted by atomic mass is 16.2. The molecule has 3 rings (SSSR count). The number of carbonyl (C=O) groups is 1. The molecule has 2 aliphatic rings. The number of amides is 1. The number of carbonyl (C=O) groups excluding carboxylic acids is 1. The van der Waals surface area contributed by atoms with Crippen molar-refractivity contribution in [1.82, 2.24) is 14.8 Å². The zero-order valence-corrected chi connectivity index (χ0v) is 16.9. The summed E-state index contributed by atoms with van der Waals surface area (Å²) in [7, 11) is 0. The third-order valence-corrected chi connectivity index (χ3v) is 5.70. The van der Waals surface area contributed by atoms with Crippen LogP contribution in [0, 0.1) is 12.8 Å². The Bertz CT molecular complexity index is 618. The van der Waals surface area contributed by atoms with Gasteiger partial charge in [-0.05, 0) is 37.8 Å². The Morgan fingerprint density at radius 2 is 1.92 bits per heavy atom. The summed E-state index contributed by atoms with van der Waals surface area (Å²) in [5.41, 5.74) is 1.13. The van der Waals surface area contributed by atoms with Crippen LogP contribution in [0.15, 0.2) is 18.2 Å². The maximum Gasteiger partial charge on any atom is 0.227 e. The first-order chi connectivity index (χ1) is 12.4. The molecular weight excluding hydrogens is 324 g/mol. The number of hydrogen-bond acceptors (Lipinski definition) is 4. The summed E-state index contributed by atoms with van der Waals surface area (Å²) in [4.78, 5) is 24.4. The van der Waals surface area contributed by atoms with E-state index in [4.69, 9.17) is 0 Å². The fourth-order valence-corrected chi connectivity index (χ4v) is 4.10. The Morgan fingerprint density at radius 1 is 1.23 bits per heavy atom. The van der Waals surface area contributed by atoms with Crippen molar-refractivity contribution in [2.45, 2.75) is 52.5 Å². The van der Waals surface area contributed by atoms with Gasteiger partial charge in [0, 0.05) is 56.9 Å². The summed E-state index contributed by atoms with van der Waals surface area (Å²) in [5, 5.41) is 0. The standard InChI is InChI=1S/C21H34N4O/c1-5-20(26)25(19-8-6-7-18(4)22-19)16-21(9-10-21)24-13-11-23(12-14-24)15-17(2)3/h6-8,17H,5,9-16H2,1-4H3. The van der Waals surface area contributed by atoms with Crippen LogP contribution in [-0.4, -0.2) is 65.5 Å². The predicted molar refractivity (Wildman–Crippen MR) is 106 cm³/mol. The van der Waals surface area contributed by atoms with E-state index in [1.807, 2.05) is 36.9 Å². The number of rotatable bonds is 7. The number of pyridine rings is 1. The van der Waals surface area contributed by atoms with Crippen LogP contribution >= 0.6 is 0 Å². The molecule has 0 aromatic carbocycles. The summed E-state index contributed by atoms with van der Waals surface area (Å²) in [6, 6.07) is 5.95. The van der Waals surface area contributed by atoms with E-state index in [0.717, 1.165) is 50.2 Å². The Hall–Kier alpha value is -1.46. The smallest absolute Gasteiger partial charge is 0.227 e. The molecule has 0 spiro atoms. The first-order valence-electron chi connectivity index (χ1n) is 10.1. The van der Waals surface area contributed by atoms with Crippen LogP contribution in [-0.2, 0) is 4.79 Å². The summed E-state index contributed by atoms with van der Waals surface area (Å²) in [5.74, 6) is 1.70. The molecule has 1 saturated carbocycles. The van der Waals surface area contributed by atoms with Gasteiger partial charge in [-0.25, -0.2) is 4.98 Å². The fraction of sp³-hybridized carbons (Fsp3) is 0.714. The minimum atomic E-state index is 0.167. The number of aromatic nitrogens is 1. The van der Waals surface area contributed by atoms with Gasteiger partial charge in [-0.1, -0.05) is 26.8 Å². The summed E-state index contributed by atoms with van der Waals surface area (Å²) < 4.78 is 0. The van der Waals surface area contributed by atoms with Crippen molar-refractivity contribution < 1.29 is 4.79 Å². The molecular formula is C21H34N4O. The third-order valence-electron chi connectivity index (χ3n) is 5.70. The summed E-state index contributed by atoms with van der Waals surface area (Å²) in [6.45, 7) is 15.0. The van der Waals surface area contributed by atoms with E-state index < -0.39 is 0 Å². The van der Waals surface area contributed by atoms with Crippen molar-refractivity contribution in [1.29, 1.82) is 0 Å². The molecule has 2 fully saturated rings. The predicted octanol–water partition coefficient (Wildman–Crippen LogP) is 2.94. The molecule has 0 atom stereocenters. The fourth-order valence-electron chi connectivity index (χ4n) is 4.10. The zero-order valence-electron chi connectivity index (χ0n) is 16.9. The quantitative estimate of drug-likeness (QED) is 0.751. The highest BCUT2D eigenvalue weighted by Crippen LogP contribution is 2.43. The van der Waals surface area contributed by atoms with Gasteiger partial charge in [0.25, 0.3) is 0 Å². The molecule has 1 amide bonds. The number of nitrogens with zero attached hydrogens (tertiary/aromatic N) is 4. The molecule has 0 bridgehead atoms. The zero-order chi connectivity index (χ0) is 18.7. The SMILES string of the molecule is CCC(=O)N(CC1(N2CCN(CC(C)C)CC2)CC1)c1cccc(C)n1. The van der Waals surface area contributed by atoms with E-state index in [0.29, 0.717) is 6.42 Å². The lowest BCUT2D eigenvalue weighted by molar-refractivity contribution is -0.118. The first kappa shape index (κ1) is 19.3. The van der Waals surface area contributed by atoms with Crippen LogP contribution in [0.5, 0.6) is 0 Å². The van der Waals surface area contributed by atoms with Gasteiger partial charge in [0.15, 0.2) is 0 Å². The molecule has 1 aromatic heterocycles. The van der Waals surface area contributed by atoms with Gasteiger partial charge in [0.1, 0.15) is 5.82 Å². The van der Waals surface area contributed by atoms with E-state index in [2.05, 4.69) is 28.6 Å². The Morgan fingerprint density at radius 3 is 2.46 bits per heavy atom. The number of hydrogen-bond donors (Lipinski definition) is 0. The largest absolute Gasteiger partial charge is 0.301 e. The molecule has 1 saturated heterocycles. The second kappa shape index (κ2) is 8.05. The lowest BCUT2D eigenvalue weighted by Gasteiger charge is -2.41. The molecule has 1 aliphatic carbocycles. The van der Waals surface area contributed by atoms with Crippen LogP contribution in [0.3, 0.4) is 0 Å². The second-order valence-electron chi connectivity index (χ2n) is 8.38. The number of anilines is 1. The van der Waals surface area contributed by atoms with Gasteiger partial charge in [-0.3, -0.25) is 14.6 Å². The molecule has 26 heavy (non-hydrogen) atoms. The minimum Gasteiger partial charge on any atom is -0.301 e. The Kier molecular flexibility index (Phi) is 5.98. The van der Waals surface area contributed by atoms with Crippen LogP contribution in [0.4, 0.5) is 5.82 Å². The lowest BCUT2D eigenvalue weighted by Crippen LogP contribution is -2.56.